The SMILES string of the molecule is CN(C)CC=CC(=O)N1CC[C@@H](Nc2n[nH]c3nccc(Oc4ccc(-c5ncco5)c(Cl)c4)c23)C1. The van der Waals surface area contributed by atoms with Crippen LogP contribution in [0.2, 0.25) is 5.02 Å². The minimum absolute atomic E-state index is 0.0174. The van der Waals surface area contributed by atoms with Crippen LogP contribution in [0.15, 0.2) is 59.5 Å². The first-order valence-electron chi connectivity index (χ1n) is 11.5. The number of nitrogens with zero attached hydrogens (tertiary/aromatic N) is 5. The maximum atomic E-state index is 12.5. The molecule has 1 aliphatic rings. The molecular weight excluding hydrogens is 482 g/mol. The van der Waals surface area contributed by atoms with Crippen molar-refractivity contribution in [1.82, 2.24) is 30.0 Å². The highest BCUT2D eigenvalue weighted by atomic mass is 35.5. The zero-order valence-corrected chi connectivity index (χ0v) is 20.7. The lowest BCUT2D eigenvalue weighted by molar-refractivity contribution is -0.125. The summed E-state index contributed by atoms with van der Waals surface area (Å²) in [5.41, 5.74) is 1.27. The molecule has 1 aromatic carbocycles. The van der Waals surface area contributed by atoms with Crippen LogP contribution >= 0.6 is 11.6 Å². The van der Waals surface area contributed by atoms with E-state index in [1.54, 1.807) is 42.7 Å². The van der Waals surface area contributed by atoms with Crippen molar-refractivity contribution in [1.29, 1.82) is 0 Å². The standard InChI is InChI=1S/C25H26ClN7O3/c1-32(2)11-3-4-21(34)33-12-8-16(15-33)29-24-22-20(7-9-27-23(22)30-31-24)36-17-5-6-18(19(26)14-17)25-28-10-13-35-25/h3-7,9-10,13-14,16H,8,11-12,15H2,1-2H3,(H2,27,29,30,31)/t16-/m1/s1. The van der Waals surface area contributed by atoms with Gasteiger partial charge in [-0.25, -0.2) is 9.97 Å². The summed E-state index contributed by atoms with van der Waals surface area (Å²) in [7, 11) is 3.93. The van der Waals surface area contributed by atoms with Crippen molar-refractivity contribution in [2.75, 3.05) is 39.0 Å². The van der Waals surface area contributed by atoms with Gasteiger partial charge in [0.25, 0.3) is 0 Å². The fourth-order valence-corrected chi connectivity index (χ4v) is 4.32. The molecule has 0 unspecified atom stereocenters. The minimum atomic E-state index is 0.0174. The molecule has 4 heterocycles. The third-order valence-corrected chi connectivity index (χ3v) is 6.14. The zero-order chi connectivity index (χ0) is 25.1. The number of oxazole rings is 1. The van der Waals surface area contributed by atoms with E-state index in [-0.39, 0.29) is 11.9 Å². The summed E-state index contributed by atoms with van der Waals surface area (Å²) in [5, 5.41) is 12.0. The van der Waals surface area contributed by atoms with E-state index in [9.17, 15) is 4.79 Å². The van der Waals surface area contributed by atoms with Crippen LogP contribution in [0.4, 0.5) is 5.82 Å². The first-order valence-corrected chi connectivity index (χ1v) is 11.9. The van der Waals surface area contributed by atoms with Gasteiger partial charge in [-0.1, -0.05) is 17.7 Å². The van der Waals surface area contributed by atoms with E-state index in [4.69, 9.17) is 20.8 Å². The summed E-state index contributed by atoms with van der Waals surface area (Å²) < 4.78 is 11.5. The second kappa shape index (κ2) is 10.4. The van der Waals surface area contributed by atoms with Crippen molar-refractivity contribution in [3.63, 3.8) is 0 Å². The largest absolute Gasteiger partial charge is 0.456 e. The van der Waals surface area contributed by atoms with Crippen LogP contribution in [-0.4, -0.2) is 75.6 Å². The molecule has 5 rings (SSSR count). The first kappa shape index (κ1) is 23.8. The number of pyridine rings is 1. The Bertz CT molecular complexity index is 1380. The minimum Gasteiger partial charge on any atom is -0.456 e. The van der Waals surface area contributed by atoms with Crippen LogP contribution < -0.4 is 10.1 Å². The van der Waals surface area contributed by atoms with E-state index >= 15 is 0 Å². The Hall–Kier alpha value is -3.89. The second-order valence-electron chi connectivity index (χ2n) is 8.76. The molecule has 10 nitrogen and oxygen atoms in total. The Morgan fingerprint density at radius 2 is 2.22 bits per heavy atom. The molecule has 0 saturated carbocycles. The number of halogens is 1. The van der Waals surface area contributed by atoms with Gasteiger partial charge < -0.3 is 24.3 Å². The summed E-state index contributed by atoms with van der Waals surface area (Å²) >= 11 is 6.45. The molecule has 0 aliphatic carbocycles. The average Bonchev–Trinajstić information content (AvgIpc) is 3.61. The fraction of sp³-hybridized carbons (Fsp3) is 0.280. The average molecular weight is 508 g/mol. The molecule has 1 aliphatic heterocycles. The van der Waals surface area contributed by atoms with Gasteiger partial charge in [-0.3, -0.25) is 9.89 Å². The molecule has 0 spiro atoms. The van der Waals surface area contributed by atoms with Crippen LogP contribution in [0.1, 0.15) is 6.42 Å². The van der Waals surface area contributed by atoms with Crippen molar-refractivity contribution in [3.8, 4) is 23.0 Å². The maximum absolute atomic E-state index is 12.5. The number of hydrogen-bond acceptors (Lipinski definition) is 8. The van der Waals surface area contributed by atoms with Crippen LogP contribution in [0.25, 0.3) is 22.5 Å². The Balaban J connectivity index is 1.31. The number of aromatic amines is 1. The summed E-state index contributed by atoms with van der Waals surface area (Å²) in [6.07, 6.45) is 9.05. The molecule has 1 saturated heterocycles. The number of fused-ring (bicyclic) bond motifs is 1. The summed E-state index contributed by atoms with van der Waals surface area (Å²) in [6, 6.07) is 7.15. The molecule has 1 fully saturated rings. The number of benzene rings is 1. The summed E-state index contributed by atoms with van der Waals surface area (Å²) in [6.45, 7) is 2.00. The molecule has 0 bridgehead atoms. The third-order valence-electron chi connectivity index (χ3n) is 5.83. The van der Waals surface area contributed by atoms with Gasteiger partial charge in [-0.2, -0.15) is 5.10 Å². The van der Waals surface area contributed by atoms with Gasteiger partial charge >= 0.3 is 0 Å². The van der Waals surface area contributed by atoms with Gasteiger partial charge in [0.05, 0.1) is 16.8 Å². The van der Waals surface area contributed by atoms with Crippen LogP contribution in [-0.2, 0) is 4.79 Å². The number of likely N-dealkylation sites (tertiary alicyclic amines) is 1. The number of carbonyl (C=O) groups is 1. The van der Waals surface area contributed by atoms with Crippen molar-refractivity contribution in [2.24, 2.45) is 0 Å². The normalized spacial score (nSPS) is 15.9. The Morgan fingerprint density at radius 1 is 1.33 bits per heavy atom. The van der Waals surface area contributed by atoms with Crippen molar-refractivity contribution >= 4 is 34.4 Å². The van der Waals surface area contributed by atoms with E-state index in [1.165, 1.54) is 6.26 Å². The third kappa shape index (κ3) is 5.19. The number of rotatable bonds is 8. The number of ether oxygens (including phenoxy) is 1. The summed E-state index contributed by atoms with van der Waals surface area (Å²) in [5.74, 6) is 2.21. The number of amides is 1. The van der Waals surface area contributed by atoms with Gasteiger partial charge in [0.15, 0.2) is 11.5 Å². The van der Waals surface area contributed by atoms with E-state index in [0.29, 0.717) is 52.5 Å². The Kier molecular flexibility index (Phi) is 6.88. The Morgan fingerprint density at radius 3 is 3.00 bits per heavy atom. The van der Waals surface area contributed by atoms with Gasteiger partial charge in [0, 0.05) is 50.1 Å². The maximum Gasteiger partial charge on any atom is 0.246 e. The number of aromatic nitrogens is 4. The lowest BCUT2D eigenvalue weighted by Gasteiger charge is -2.16. The predicted molar refractivity (Wildman–Crippen MR) is 137 cm³/mol. The van der Waals surface area contributed by atoms with Crippen LogP contribution in [0.5, 0.6) is 11.5 Å². The van der Waals surface area contributed by atoms with Crippen molar-refractivity contribution in [3.05, 3.63) is 60.1 Å². The lowest BCUT2D eigenvalue weighted by atomic mass is 10.2. The topological polar surface area (TPSA) is 112 Å². The number of anilines is 1. The molecule has 186 valence electrons. The first-order chi connectivity index (χ1) is 17.5. The van der Waals surface area contributed by atoms with E-state index in [2.05, 4.69) is 25.5 Å². The van der Waals surface area contributed by atoms with Gasteiger partial charge in [-0.05, 0) is 32.6 Å². The van der Waals surface area contributed by atoms with Crippen LogP contribution in [0.3, 0.4) is 0 Å². The quantitative estimate of drug-likeness (QED) is 0.341. The highest BCUT2D eigenvalue weighted by molar-refractivity contribution is 6.33. The lowest BCUT2D eigenvalue weighted by Crippen LogP contribution is -2.30. The number of likely N-dealkylation sites (N-methyl/N-ethyl adjacent to an activating group) is 1. The van der Waals surface area contributed by atoms with E-state index < -0.39 is 0 Å². The monoisotopic (exact) mass is 507 g/mol. The van der Waals surface area contributed by atoms with Crippen molar-refractivity contribution in [2.45, 2.75) is 12.5 Å². The molecule has 4 aromatic rings. The zero-order valence-electron chi connectivity index (χ0n) is 19.9. The van der Waals surface area contributed by atoms with Crippen LogP contribution in [0, 0.1) is 0 Å². The van der Waals surface area contributed by atoms with E-state index in [1.807, 2.05) is 30.0 Å². The predicted octanol–water partition coefficient (Wildman–Crippen LogP) is 4.19. The highest BCUT2D eigenvalue weighted by Crippen LogP contribution is 2.36. The number of nitrogens with one attached hydrogen (secondary N) is 2. The van der Waals surface area contributed by atoms with Gasteiger partial charge in [0.1, 0.15) is 23.1 Å². The molecule has 2 N–H and O–H groups in total. The number of hydrogen-bond donors (Lipinski definition) is 2. The molecule has 0 radical (unpaired) electrons. The second-order valence-corrected chi connectivity index (χ2v) is 9.17. The molecule has 1 amide bonds. The molecule has 3 aromatic heterocycles. The van der Waals surface area contributed by atoms with Gasteiger partial charge in [0.2, 0.25) is 11.8 Å². The smallest absolute Gasteiger partial charge is 0.246 e. The molecular formula is C25H26ClN7O3. The fourth-order valence-electron chi connectivity index (χ4n) is 4.07. The summed E-state index contributed by atoms with van der Waals surface area (Å²) in [4.78, 5) is 24.9. The van der Waals surface area contributed by atoms with E-state index in [0.717, 1.165) is 18.4 Å². The highest BCUT2D eigenvalue weighted by Gasteiger charge is 2.26. The van der Waals surface area contributed by atoms with Gasteiger partial charge in [-0.15, -0.1) is 0 Å². The Labute approximate surface area is 212 Å². The van der Waals surface area contributed by atoms with Crippen molar-refractivity contribution < 1.29 is 13.9 Å². The number of carbonyl (C=O) groups excluding carboxylic acids is 1. The molecule has 36 heavy (non-hydrogen) atoms. The molecule has 11 heteroatoms. The molecule has 1 atom stereocenters. The number of H-pyrrole nitrogens is 1.